The van der Waals surface area contributed by atoms with Crippen LogP contribution in [0.5, 0.6) is 0 Å². The lowest BCUT2D eigenvalue weighted by Crippen LogP contribution is -2.44. The number of aliphatic imine (C=N–C) groups is 1. The lowest BCUT2D eigenvalue weighted by Gasteiger charge is -2.31. The first-order chi connectivity index (χ1) is 11.2. The number of fused-ring (bicyclic) bond motifs is 1. The van der Waals surface area contributed by atoms with E-state index in [9.17, 15) is 0 Å². The third-order valence-corrected chi connectivity index (χ3v) is 4.48. The molecule has 2 aromatic rings. The number of nitrogens with one attached hydrogen (secondary N) is 1. The molecule has 1 aliphatic rings. The molecular weight excluding hydrogens is 415 g/mol. The van der Waals surface area contributed by atoms with E-state index >= 15 is 0 Å². The van der Waals surface area contributed by atoms with Crippen molar-refractivity contribution in [3.05, 3.63) is 52.4 Å². The van der Waals surface area contributed by atoms with Gasteiger partial charge in [-0.15, -0.1) is 24.0 Å². The Morgan fingerprint density at radius 3 is 2.71 bits per heavy atom. The predicted octanol–water partition coefficient (Wildman–Crippen LogP) is 3.09. The summed E-state index contributed by atoms with van der Waals surface area (Å²) in [4.78, 5) is 6.76. The molecule has 0 unspecified atom stereocenters. The fourth-order valence-corrected chi connectivity index (χ4v) is 3.17. The Hall–Kier alpha value is -1.57. The maximum Gasteiger partial charge on any atom is 0.193 e. The Kier molecular flexibility index (Phi) is 6.65. The van der Waals surface area contributed by atoms with Crippen LogP contribution in [-0.2, 0) is 19.4 Å². The maximum absolute atomic E-state index is 5.22. The fourth-order valence-electron chi connectivity index (χ4n) is 3.17. The van der Waals surface area contributed by atoms with Crippen LogP contribution < -0.4 is 5.32 Å². The van der Waals surface area contributed by atoms with Crippen LogP contribution in [0.1, 0.15) is 28.1 Å². The number of nitrogens with zero attached hydrogens (tertiary/aromatic N) is 3. The van der Waals surface area contributed by atoms with E-state index in [1.54, 1.807) is 0 Å². The van der Waals surface area contributed by atoms with Gasteiger partial charge in [0.2, 0.25) is 0 Å². The SMILES string of the molecule is CN=C(NCCc1c(C)noc1C)N1CCc2ccccc2C1.I. The van der Waals surface area contributed by atoms with E-state index in [4.69, 9.17) is 4.52 Å². The quantitative estimate of drug-likeness (QED) is 0.453. The van der Waals surface area contributed by atoms with Crippen molar-refractivity contribution in [3.8, 4) is 0 Å². The monoisotopic (exact) mass is 440 g/mol. The molecule has 2 heterocycles. The molecule has 1 aromatic heterocycles. The Balaban J connectivity index is 0.00000208. The molecule has 0 bridgehead atoms. The highest BCUT2D eigenvalue weighted by Gasteiger charge is 2.18. The van der Waals surface area contributed by atoms with Crippen molar-refractivity contribution in [2.24, 2.45) is 4.99 Å². The summed E-state index contributed by atoms with van der Waals surface area (Å²) < 4.78 is 5.22. The summed E-state index contributed by atoms with van der Waals surface area (Å²) in [5, 5.41) is 7.47. The van der Waals surface area contributed by atoms with E-state index in [1.807, 2.05) is 20.9 Å². The van der Waals surface area contributed by atoms with Crippen LogP contribution in [0.4, 0.5) is 0 Å². The van der Waals surface area contributed by atoms with Gasteiger partial charge in [-0.1, -0.05) is 29.4 Å². The van der Waals surface area contributed by atoms with Crippen LogP contribution in [0.3, 0.4) is 0 Å². The smallest absolute Gasteiger partial charge is 0.193 e. The molecule has 0 radical (unpaired) electrons. The molecule has 0 amide bonds. The number of rotatable bonds is 3. The summed E-state index contributed by atoms with van der Waals surface area (Å²) in [6, 6.07) is 8.65. The molecule has 1 aliphatic heterocycles. The summed E-state index contributed by atoms with van der Waals surface area (Å²) in [5.41, 5.74) is 5.02. The summed E-state index contributed by atoms with van der Waals surface area (Å²) >= 11 is 0. The Bertz CT molecular complexity index is 691. The number of halogens is 1. The molecule has 3 rings (SSSR count). The molecule has 0 saturated heterocycles. The highest BCUT2D eigenvalue weighted by molar-refractivity contribution is 14.0. The van der Waals surface area contributed by atoms with Crippen molar-refractivity contribution in [3.63, 3.8) is 0 Å². The van der Waals surface area contributed by atoms with Gasteiger partial charge in [-0.2, -0.15) is 0 Å². The molecular formula is C18H25IN4O. The number of benzene rings is 1. The zero-order valence-corrected chi connectivity index (χ0v) is 16.8. The fraction of sp³-hybridized carbons (Fsp3) is 0.444. The van der Waals surface area contributed by atoms with Crippen molar-refractivity contribution >= 4 is 29.9 Å². The molecule has 0 spiro atoms. The first kappa shape index (κ1) is 18.8. The standard InChI is InChI=1S/C18H24N4O.HI/c1-13-17(14(2)23-21-13)8-10-20-18(19-3)22-11-9-15-6-4-5-7-16(15)12-22;/h4-7H,8-12H2,1-3H3,(H,19,20);1H. The Labute approximate surface area is 160 Å². The lowest BCUT2D eigenvalue weighted by atomic mass is 10.0. The van der Waals surface area contributed by atoms with E-state index in [1.165, 1.54) is 16.7 Å². The summed E-state index contributed by atoms with van der Waals surface area (Å²) in [7, 11) is 1.85. The predicted molar refractivity (Wildman–Crippen MR) is 107 cm³/mol. The highest BCUT2D eigenvalue weighted by Crippen LogP contribution is 2.18. The van der Waals surface area contributed by atoms with Gasteiger partial charge in [0.1, 0.15) is 5.76 Å². The van der Waals surface area contributed by atoms with E-state index in [2.05, 4.69) is 44.6 Å². The molecule has 6 heteroatoms. The van der Waals surface area contributed by atoms with Gasteiger partial charge in [0.05, 0.1) is 5.69 Å². The van der Waals surface area contributed by atoms with Crippen molar-refractivity contribution in [2.45, 2.75) is 33.2 Å². The zero-order chi connectivity index (χ0) is 16.2. The summed E-state index contributed by atoms with van der Waals surface area (Å²) in [6.45, 7) is 6.70. The molecule has 0 fully saturated rings. The second-order valence-electron chi connectivity index (χ2n) is 5.97. The van der Waals surface area contributed by atoms with Gasteiger partial charge in [0.25, 0.3) is 0 Å². The molecule has 0 saturated carbocycles. The largest absolute Gasteiger partial charge is 0.361 e. The van der Waals surface area contributed by atoms with E-state index in [0.29, 0.717) is 0 Å². The number of hydrogen-bond acceptors (Lipinski definition) is 3. The average Bonchev–Trinajstić information content (AvgIpc) is 2.90. The molecule has 0 atom stereocenters. The average molecular weight is 440 g/mol. The van der Waals surface area contributed by atoms with Crippen LogP contribution in [0, 0.1) is 13.8 Å². The molecule has 1 aromatic carbocycles. The van der Waals surface area contributed by atoms with E-state index in [0.717, 1.165) is 49.9 Å². The molecule has 24 heavy (non-hydrogen) atoms. The van der Waals surface area contributed by atoms with Gasteiger partial charge in [-0.25, -0.2) is 0 Å². The minimum Gasteiger partial charge on any atom is -0.361 e. The number of guanidine groups is 1. The summed E-state index contributed by atoms with van der Waals surface area (Å²) in [6.07, 6.45) is 1.96. The molecule has 0 aliphatic carbocycles. The van der Waals surface area contributed by atoms with Crippen molar-refractivity contribution < 1.29 is 4.52 Å². The van der Waals surface area contributed by atoms with Crippen molar-refractivity contribution in [1.29, 1.82) is 0 Å². The Morgan fingerprint density at radius 2 is 2.04 bits per heavy atom. The normalized spacial score (nSPS) is 14.1. The number of hydrogen-bond donors (Lipinski definition) is 1. The molecule has 1 N–H and O–H groups in total. The first-order valence-electron chi connectivity index (χ1n) is 8.13. The number of aryl methyl sites for hydroxylation is 2. The maximum atomic E-state index is 5.22. The number of aromatic nitrogens is 1. The van der Waals surface area contributed by atoms with E-state index < -0.39 is 0 Å². The first-order valence-corrected chi connectivity index (χ1v) is 8.13. The summed E-state index contributed by atoms with van der Waals surface area (Å²) in [5.74, 6) is 1.87. The van der Waals surface area contributed by atoms with Crippen LogP contribution in [0.25, 0.3) is 0 Å². The van der Waals surface area contributed by atoms with Crippen LogP contribution in [-0.4, -0.2) is 36.2 Å². The van der Waals surface area contributed by atoms with Gasteiger partial charge in [-0.05, 0) is 37.8 Å². The van der Waals surface area contributed by atoms with Crippen LogP contribution in [0.15, 0.2) is 33.8 Å². The topological polar surface area (TPSA) is 53.7 Å². The molecule has 130 valence electrons. The van der Waals surface area contributed by atoms with Gasteiger partial charge in [-0.3, -0.25) is 4.99 Å². The third kappa shape index (κ3) is 4.09. The second-order valence-corrected chi connectivity index (χ2v) is 5.97. The highest BCUT2D eigenvalue weighted by atomic mass is 127. The van der Waals surface area contributed by atoms with Crippen LogP contribution >= 0.6 is 24.0 Å². The van der Waals surface area contributed by atoms with Crippen molar-refractivity contribution in [1.82, 2.24) is 15.4 Å². The second kappa shape index (κ2) is 8.50. The van der Waals surface area contributed by atoms with E-state index in [-0.39, 0.29) is 24.0 Å². The third-order valence-electron chi connectivity index (χ3n) is 4.48. The lowest BCUT2D eigenvalue weighted by molar-refractivity contribution is 0.379. The van der Waals surface area contributed by atoms with Crippen molar-refractivity contribution in [2.75, 3.05) is 20.1 Å². The van der Waals surface area contributed by atoms with Gasteiger partial charge >= 0.3 is 0 Å². The van der Waals surface area contributed by atoms with Crippen LogP contribution in [0.2, 0.25) is 0 Å². The molecule has 5 nitrogen and oxygen atoms in total. The minimum absolute atomic E-state index is 0. The zero-order valence-electron chi connectivity index (χ0n) is 14.5. The van der Waals surface area contributed by atoms with Gasteiger partial charge in [0, 0.05) is 32.2 Å². The minimum atomic E-state index is 0. The van der Waals surface area contributed by atoms with Gasteiger partial charge < -0.3 is 14.7 Å². The van der Waals surface area contributed by atoms with Gasteiger partial charge in [0.15, 0.2) is 5.96 Å². The Morgan fingerprint density at radius 1 is 1.29 bits per heavy atom.